The highest BCUT2D eigenvalue weighted by atomic mass is 16.5. The van der Waals surface area contributed by atoms with E-state index in [9.17, 15) is 9.59 Å². The predicted molar refractivity (Wildman–Crippen MR) is 162 cm³/mol. The Morgan fingerprint density at radius 2 is 1.08 bits per heavy atom. The monoisotopic (exact) mass is 528 g/mol. The van der Waals surface area contributed by atoms with Gasteiger partial charge in [0, 0.05) is 12.8 Å². The average Bonchev–Trinajstić information content (AvgIpc) is 2.90. The lowest BCUT2D eigenvalue weighted by atomic mass is 10.1. The van der Waals surface area contributed by atoms with Crippen LogP contribution in [0, 0.1) is 0 Å². The number of carboxylic acid groups (broad SMARTS) is 1. The minimum atomic E-state index is -0.779. The molecule has 0 saturated heterocycles. The number of ether oxygens (including phenoxy) is 1. The molecule has 38 heavy (non-hydrogen) atoms. The van der Waals surface area contributed by atoms with Crippen LogP contribution < -0.4 is 0 Å². The van der Waals surface area contributed by atoms with E-state index in [1.807, 2.05) is 12.2 Å². The van der Waals surface area contributed by atoms with Gasteiger partial charge in [-0.05, 0) is 63.9 Å². The van der Waals surface area contributed by atoms with E-state index in [0.29, 0.717) is 19.3 Å². The highest BCUT2D eigenvalue weighted by Crippen LogP contribution is 2.14. The number of carbonyl (C=O) groups excluding carboxylic acids is 1. The first-order chi connectivity index (χ1) is 18.6. The fourth-order valence-electron chi connectivity index (χ4n) is 4.01. The van der Waals surface area contributed by atoms with E-state index in [2.05, 4.69) is 62.5 Å². The molecule has 216 valence electrons. The maximum absolute atomic E-state index is 12.4. The van der Waals surface area contributed by atoms with Crippen LogP contribution in [0.1, 0.15) is 136 Å². The number of esters is 1. The van der Waals surface area contributed by atoms with Gasteiger partial charge in [-0.3, -0.25) is 9.59 Å². The van der Waals surface area contributed by atoms with E-state index in [4.69, 9.17) is 9.84 Å². The van der Waals surface area contributed by atoms with E-state index in [1.165, 1.54) is 44.9 Å². The zero-order chi connectivity index (χ0) is 27.9. The van der Waals surface area contributed by atoms with Gasteiger partial charge in [-0.1, -0.05) is 120 Å². The van der Waals surface area contributed by atoms with Crippen molar-refractivity contribution >= 4 is 11.9 Å². The van der Waals surface area contributed by atoms with Gasteiger partial charge in [0.2, 0.25) is 0 Å². The number of aliphatic carboxylic acids is 1. The first kappa shape index (κ1) is 35.6. The molecule has 0 saturated carbocycles. The molecule has 1 N–H and O–H groups in total. The van der Waals surface area contributed by atoms with Gasteiger partial charge in [0.05, 0.1) is 0 Å². The van der Waals surface area contributed by atoms with E-state index in [0.717, 1.165) is 51.4 Å². The van der Waals surface area contributed by atoms with Crippen LogP contribution in [0.15, 0.2) is 60.8 Å². The van der Waals surface area contributed by atoms with E-state index < -0.39 is 5.97 Å². The molecule has 0 amide bonds. The predicted octanol–water partition coefficient (Wildman–Crippen LogP) is 10.2. The Labute approximate surface area is 234 Å². The molecule has 4 heteroatoms. The largest absolute Gasteiger partial charge is 0.481 e. The zero-order valence-electron chi connectivity index (χ0n) is 24.5. The quantitative estimate of drug-likeness (QED) is 0.0689. The van der Waals surface area contributed by atoms with Gasteiger partial charge in [-0.25, -0.2) is 0 Å². The molecule has 0 aromatic rings. The molecule has 0 aliphatic rings. The number of unbranched alkanes of at least 4 members (excludes halogenated alkanes) is 9. The molecular weight excluding hydrogens is 472 g/mol. The third-order valence-electron chi connectivity index (χ3n) is 6.24. The second-order valence-corrected chi connectivity index (χ2v) is 9.91. The summed E-state index contributed by atoms with van der Waals surface area (Å²) >= 11 is 0. The molecule has 0 radical (unpaired) electrons. The molecular formula is C34H56O4. The van der Waals surface area contributed by atoms with Crippen LogP contribution in [0.2, 0.25) is 0 Å². The SMILES string of the molecule is CC/C=C\C/C=C\C/C=C\C/C=C\C/C=C\C(CCCCC(=O)O)OC(=O)CCCCCCCCCCC. The Hall–Kier alpha value is -2.36. The van der Waals surface area contributed by atoms with Crippen molar-refractivity contribution in [3.8, 4) is 0 Å². The normalized spacial score (nSPS) is 13.1. The van der Waals surface area contributed by atoms with Gasteiger partial charge in [0.25, 0.3) is 0 Å². The number of carboxylic acids is 1. The Morgan fingerprint density at radius 3 is 1.61 bits per heavy atom. The molecule has 1 atom stereocenters. The summed E-state index contributed by atoms with van der Waals surface area (Å²) in [5, 5.41) is 8.86. The second kappa shape index (κ2) is 29.2. The van der Waals surface area contributed by atoms with Crippen LogP contribution in [0.5, 0.6) is 0 Å². The van der Waals surface area contributed by atoms with Crippen LogP contribution in [0.3, 0.4) is 0 Å². The summed E-state index contributed by atoms with van der Waals surface area (Å²) in [5.41, 5.74) is 0. The summed E-state index contributed by atoms with van der Waals surface area (Å²) in [4.78, 5) is 23.2. The Balaban J connectivity index is 4.25. The van der Waals surface area contributed by atoms with Crippen molar-refractivity contribution < 1.29 is 19.4 Å². The Morgan fingerprint density at radius 1 is 0.605 bits per heavy atom. The zero-order valence-corrected chi connectivity index (χ0v) is 24.5. The standard InChI is InChI=1S/C34H56O4/c1-3-5-7-9-11-13-14-15-16-17-19-20-22-24-28-32(29-26-27-30-33(35)36)38-34(37)31-25-23-21-18-12-10-8-6-4-2/h5,7,11,13,15-16,19-20,24,28,32H,3-4,6,8-10,12,14,17-18,21-23,25-27,29-31H2,1-2H3,(H,35,36)/b7-5-,13-11-,16-15-,20-19-,28-24-. The molecule has 0 aliphatic carbocycles. The smallest absolute Gasteiger partial charge is 0.306 e. The average molecular weight is 529 g/mol. The maximum atomic E-state index is 12.4. The van der Waals surface area contributed by atoms with E-state index >= 15 is 0 Å². The number of carbonyl (C=O) groups is 2. The molecule has 0 rings (SSSR count). The van der Waals surface area contributed by atoms with Crippen molar-refractivity contribution in [2.24, 2.45) is 0 Å². The molecule has 0 bridgehead atoms. The van der Waals surface area contributed by atoms with Crippen LogP contribution in [0.4, 0.5) is 0 Å². The van der Waals surface area contributed by atoms with Crippen molar-refractivity contribution in [3.05, 3.63) is 60.8 Å². The minimum Gasteiger partial charge on any atom is -0.481 e. The summed E-state index contributed by atoms with van der Waals surface area (Å²) in [5.74, 6) is -0.921. The van der Waals surface area contributed by atoms with Crippen molar-refractivity contribution in [3.63, 3.8) is 0 Å². The number of allylic oxidation sites excluding steroid dienone is 9. The van der Waals surface area contributed by atoms with E-state index in [1.54, 1.807) is 0 Å². The van der Waals surface area contributed by atoms with Crippen molar-refractivity contribution in [1.82, 2.24) is 0 Å². The first-order valence-electron chi connectivity index (χ1n) is 15.3. The van der Waals surface area contributed by atoms with Crippen molar-refractivity contribution in [2.45, 2.75) is 142 Å². The molecule has 0 aliphatic heterocycles. The van der Waals surface area contributed by atoms with Gasteiger partial charge in [-0.15, -0.1) is 0 Å². The lowest BCUT2D eigenvalue weighted by Crippen LogP contribution is -2.16. The summed E-state index contributed by atoms with van der Waals surface area (Å²) in [6.07, 6.45) is 39.5. The van der Waals surface area contributed by atoms with Gasteiger partial charge >= 0.3 is 11.9 Å². The summed E-state index contributed by atoms with van der Waals surface area (Å²) < 4.78 is 5.72. The van der Waals surface area contributed by atoms with Gasteiger partial charge in [0.1, 0.15) is 6.10 Å². The van der Waals surface area contributed by atoms with Crippen molar-refractivity contribution in [1.29, 1.82) is 0 Å². The number of rotatable bonds is 26. The first-order valence-corrected chi connectivity index (χ1v) is 15.3. The third kappa shape index (κ3) is 28.2. The van der Waals surface area contributed by atoms with Crippen LogP contribution in [-0.4, -0.2) is 23.1 Å². The van der Waals surface area contributed by atoms with Crippen LogP contribution >= 0.6 is 0 Å². The molecule has 0 fully saturated rings. The number of hydrogen-bond donors (Lipinski definition) is 1. The Bertz CT molecular complexity index is 699. The lowest BCUT2D eigenvalue weighted by Gasteiger charge is -2.14. The number of hydrogen-bond acceptors (Lipinski definition) is 3. The van der Waals surface area contributed by atoms with Gasteiger partial charge < -0.3 is 9.84 Å². The lowest BCUT2D eigenvalue weighted by molar-refractivity contribution is -0.147. The minimum absolute atomic E-state index is 0.142. The molecule has 0 spiro atoms. The molecule has 1 unspecified atom stereocenters. The molecule has 0 aromatic heterocycles. The van der Waals surface area contributed by atoms with Crippen LogP contribution in [0.25, 0.3) is 0 Å². The fourth-order valence-corrected chi connectivity index (χ4v) is 4.01. The summed E-state index contributed by atoms with van der Waals surface area (Å²) in [6.45, 7) is 4.38. The van der Waals surface area contributed by atoms with Crippen LogP contribution in [-0.2, 0) is 14.3 Å². The van der Waals surface area contributed by atoms with E-state index in [-0.39, 0.29) is 18.5 Å². The second-order valence-electron chi connectivity index (χ2n) is 9.91. The topological polar surface area (TPSA) is 63.6 Å². The fraction of sp³-hybridized carbons (Fsp3) is 0.647. The van der Waals surface area contributed by atoms with Crippen molar-refractivity contribution in [2.75, 3.05) is 0 Å². The van der Waals surface area contributed by atoms with Gasteiger partial charge in [-0.2, -0.15) is 0 Å². The molecule has 0 heterocycles. The summed E-state index contributed by atoms with van der Waals surface area (Å²) in [7, 11) is 0. The Kier molecular flexibility index (Phi) is 27.4. The molecule has 0 aromatic carbocycles. The highest BCUT2D eigenvalue weighted by molar-refractivity contribution is 5.69. The highest BCUT2D eigenvalue weighted by Gasteiger charge is 2.11. The maximum Gasteiger partial charge on any atom is 0.306 e. The van der Waals surface area contributed by atoms with Gasteiger partial charge in [0.15, 0.2) is 0 Å². The molecule has 4 nitrogen and oxygen atoms in total. The third-order valence-corrected chi connectivity index (χ3v) is 6.24. The summed E-state index contributed by atoms with van der Waals surface area (Å²) in [6, 6.07) is 0.